The Morgan fingerprint density at radius 2 is 2.00 bits per heavy atom. The molecule has 128 valence electrons. The first-order valence-corrected chi connectivity index (χ1v) is 7.11. The van der Waals surface area contributed by atoms with E-state index in [-0.39, 0.29) is 24.6 Å². The summed E-state index contributed by atoms with van der Waals surface area (Å²) in [6.45, 7) is 1.62. The van der Waals surface area contributed by atoms with Crippen molar-refractivity contribution in [1.82, 2.24) is 0 Å². The highest BCUT2D eigenvalue weighted by Crippen LogP contribution is 2.21. The number of aryl methyl sites for hydroxylation is 1. The van der Waals surface area contributed by atoms with Crippen molar-refractivity contribution in [2.45, 2.75) is 13.0 Å². The highest BCUT2D eigenvalue weighted by molar-refractivity contribution is 5.53. The zero-order valence-corrected chi connectivity index (χ0v) is 12.8. The lowest BCUT2D eigenvalue weighted by Gasteiger charge is -2.14. The van der Waals surface area contributed by atoms with Gasteiger partial charge in [-0.25, -0.2) is 8.78 Å². The number of nitrogens with zero attached hydrogens (tertiary/aromatic N) is 1. The van der Waals surface area contributed by atoms with Crippen molar-refractivity contribution in [3.05, 3.63) is 63.7 Å². The number of nitro groups is 1. The first kappa shape index (κ1) is 17.6. The Morgan fingerprint density at radius 1 is 1.25 bits per heavy atom. The van der Waals surface area contributed by atoms with Crippen LogP contribution < -0.4 is 10.1 Å². The number of hydrogen-bond donors (Lipinski definition) is 2. The normalized spacial score (nSPS) is 11.8. The molecule has 1 atom stereocenters. The molecule has 2 rings (SSSR count). The minimum Gasteiger partial charge on any atom is -0.491 e. The Morgan fingerprint density at radius 3 is 2.62 bits per heavy atom. The largest absolute Gasteiger partial charge is 0.491 e. The van der Waals surface area contributed by atoms with Crippen LogP contribution in [0, 0.1) is 28.7 Å². The molecule has 2 aromatic carbocycles. The number of halogens is 2. The third-order valence-corrected chi connectivity index (χ3v) is 3.27. The van der Waals surface area contributed by atoms with Gasteiger partial charge >= 0.3 is 0 Å². The van der Waals surface area contributed by atoms with Crippen LogP contribution in [-0.4, -0.2) is 29.3 Å². The fourth-order valence-corrected chi connectivity index (χ4v) is 2.02. The van der Waals surface area contributed by atoms with Crippen molar-refractivity contribution in [2.75, 3.05) is 18.5 Å². The summed E-state index contributed by atoms with van der Waals surface area (Å²) in [5, 5.41) is 23.5. The van der Waals surface area contributed by atoms with Crippen LogP contribution in [0.3, 0.4) is 0 Å². The minimum atomic E-state index is -1.03. The Kier molecular flexibility index (Phi) is 5.64. The number of aliphatic hydroxyl groups is 1. The Bertz CT molecular complexity index is 740. The molecule has 0 radical (unpaired) electrons. The van der Waals surface area contributed by atoms with Crippen LogP contribution >= 0.6 is 0 Å². The number of nitro benzene ring substituents is 1. The van der Waals surface area contributed by atoms with Crippen LogP contribution in [0.2, 0.25) is 0 Å². The number of hydrogen-bond acceptors (Lipinski definition) is 5. The summed E-state index contributed by atoms with van der Waals surface area (Å²) in [5.74, 6) is -1.89. The van der Waals surface area contributed by atoms with Crippen molar-refractivity contribution >= 4 is 11.4 Å². The monoisotopic (exact) mass is 338 g/mol. The van der Waals surface area contributed by atoms with Crippen LogP contribution in [0.1, 0.15) is 5.56 Å². The van der Waals surface area contributed by atoms with Gasteiger partial charge in [0.15, 0.2) is 11.6 Å². The van der Waals surface area contributed by atoms with E-state index in [0.717, 1.165) is 12.1 Å². The summed E-state index contributed by atoms with van der Waals surface area (Å²) >= 11 is 0. The molecule has 0 aromatic heterocycles. The third kappa shape index (κ3) is 4.63. The van der Waals surface area contributed by atoms with E-state index in [1.54, 1.807) is 13.0 Å². The Balaban J connectivity index is 1.84. The lowest BCUT2D eigenvalue weighted by Crippen LogP contribution is -2.26. The zero-order chi connectivity index (χ0) is 17.7. The third-order valence-electron chi connectivity index (χ3n) is 3.27. The van der Waals surface area contributed by atoms with Crippen molar-refractivity contribution in [3.63, 3.8) is 0 Å². The van der Waals surface area contributed by atoms with Gasteiger partial charge in [-0.3, -0.25) is 10.1 Å². The lowest BCUT2D eigenvalue weighted by atomic mass is 10.2. The van der Waals surface area contributed by atoms with Gasteiger partial charge in [0.2, 0.25) is 0 Å². The highest BCUT2D eigenvalue weighted by Gasteiger charge is 2.11. The quantitative estimate of drug-likeness (QED) is 0.599. The van der Waals surface area contributed by atoms with Crippen LogP contribution in [0.15, 0.2) is 36.4 Å². The molecule has 0 aliphatic heterocycles. The second kappa shape index (κ2) is 7.69. The first-order valence-electron chi connectivity index (χ1n) is 7.11. The summed E-state index contributed by atoms with van der Waals surface area (Å²) in [4.78, 5) is 10.3. The van der Waals surface area contributed by atoms with E-state index in [1.807, 2.05) is 0 Å². The van der Waals surface area contributed by atoms with Crippen LogP contribution in [0.5, 0.6) is 5.75 Å². The highest BCUT2D eigenvalue weighted by atomic mass is 19.2. The predicted octanol–water partition coefficient (Wildman–Crippen LogP) is 3.03. The van der Waals surface area contributed by atoms with Gasteiger partial charge in [-0.05, 0) is 31.2 Å². The van der Waals surface area contributed by atoms with E-state index < -0.39 is 22.7 Å². The summed E-state index contributed by atoms with van der Waals surface area (Å²) < 4.78 is 31.0. The molecule has 0 amide bonds. The molecule has 6 nitrogen and oxygen atoms in total. The molecule has 0 spiro atoms. The van der Waals surface area contributed by atoms with Crippen LogP contribution in [0.4, 0.5) is 20.2 Å². The molecular weight excluding hydrogens is 322 g/mol. The second-order valence-electron chi connectivity index (χ2n) is 5.18. The minimum absolute atomic E-state index is 0.0165. The lowest BCUT2D eigenvalue weighted by molar-refractivity contribution is -0.385. The molecule has 0 saturated heterocycles. The average molecular weight is 338 g/mol. The van der Waals surface area contributed by atoms with E-state index >= 15 is 0 Å². The van der Waals surface area contributed by atoms with Crippen molar-refractivity contribution in [2.24, 2.45) is 0 Å². The molecule has 0 fully saturated rings. The van der Waals surface area contributed by atoms with Crippen molar-refractivity contribution in [3.8, 4) is 5.75 Å². The number of benzene rings is 2. The summed E-state index contributed by atoms with van der Waals surface area (Å²) in [7, 11) is 0. The molecule has 2 aromatic rings. The van der Waals surface area contributed by atoms with E-state index in [4.69, 9.17) is 4.74 Å². The molecule has 2 N–H and O–H groups in total. The number of rotatable bonds is 7. The number of aliphatic hydroxyl groups excluding tert-OH is 1. The predicted molar refractivity (Wildman–Crippen MR) is 84.2 cm³/mol. The van der Waals surface area contributed by atoms with Gasteiger partial charge in [-0.15, -0.1) is 0 Å². The molecule has 0 aliphatic rings. The topological polar surface area (TPSA) is 84.6 Å². The van der Waals surface area contributed by atoms with Gasteiger partial charge in [0.1, 0.15) is 18.5 Å². The fourth-order valence-electron chi connectivity index (χ4n) is 2.02. The van der Waals surface area contributed by atoms with Gasteiger partial charge in [0.25, 0.3) is 5.69 Å². The average Bonchev–Trinajstić information content (AvgIpc) is 2.53. The number of ether oxygens (including phenoxy) is 1. The van der Waals surface area contributed by atoms with E-state index in [1.165, 1.54) is 18.2 Å². The van der Waals surface area contributed by atoms with E-state index in [2.05, 4.69) is 5.32 Å². The maximum atomic E-state index is 13.0. The maximum absolute atomic E-state index is 13.0. The number of nitrogens with one attached hydrogen (secondary N) is 1. The second-order valence-corrected chi connectivity index (χ2v) is 5.18. The van der Waals surface area contributed by atoms with Gasteiger partial charge < -0.3 is 15.2 Å². The van der Waals surface area contributed by atoms with Crippen molar-refractivity contribution < 1.29 is 23.5 Å². The molecule has 0 saturated carbocycles. The maximum Gasteiger partial charge on any atom is 0.272 e. The Labute approximate surface area is 136 Å². The summed E-state index contributed by atoms with van der Waals surface area (Å²) in [6.07, 6.45) is -0.909. The van der Waals surface area contributed by atoms with Gasteiger partial charge in [0, 0.05) is 29.9 Å². The molecule has 24 heavy (non-hydrogen) atoms. The zero-order valence-electron chi connectivity index (χ0n) is 12.8. The van der Waals surface area contributed by atoms with Crippen LogP contribution in [-0.2, 0) is 0 Å². The summed E-state index contributed by atoms with van der Waals surface area (Å²) in [6, 6.07) is 7.61. The van der Waals surface area contributed by atoms with Gasteiger partial charge in [0.05, 0.1) is 4.92 Å². The molecule has 0 aliphatic carbocycles. The number of anilines is 1. The SMILES string of the molecule is Cc1cc(NCC(O)COc2ccc(F)c(F)c2)ccc1[N+](=O)[O-]. The van der Waals surface area contributed by atoms with Gasteiger partial charge in [-0.2, -0.15) is 0 Å². The fraction of sp³-hybridized carbons (Fsp3) is 0.250. The van der Waals surface area contributed by atoms with Crippen LogP contribution in [0.25, 0.3) is 0 Å². The molecule has 8 heteroatoms. The first-order chi connectivity index (χ1) is 11.4. The smallest absolute Gasteiger partial charge is 0.272 e. The van der Waals surface area contributed by atoms with E-state index in [9.17, 15) is 24.0 Å². The van der Waals surface area contributed by atoms with E-state index in [0.29, 0.717) is 11.3 Å². The summed E-state index contributed by atoms with van der Waals surface area (Å²) in [5.41, 5.74) is 1.13. The van der Waals surface area contributed by atoms with Gasteiger partial charge in [-0.1, -0.05) is 0 Å². The van der Waals surface area contributed by atoms with Crippen molar-refractivity contribution in [1.29, 1.82) is 0 Å². The molecular formula is C16H16F2N2O4. The molecule has 1 unspecified atom stereocenters. The molecule has 0 bridgehead atoms. The molecule has 0 heterocycles. The standard InChI is InChI=1S/C16H16F2N2O4/c1-10-6-11(2-5-16(10)20(22)23)19-8-12(21)9-24-13-3-4-14(17)15(18)7-13/h2-7,12,19,21H,8-9H2,1H3. The Hall–Kier alpha value is -2.74.